The lowest BCUT2D eigenvalue weighted by Crippen LogP contribution is -2.32. The van der Waals surface area contributed by atoms with Gasteiger partial charge in [-0.05, 0) is 38.7 Å². The van der Waals surface area contributed by atoms with Gasteiger partial charge < -0.3 is 9.80 Å². The molecule has 140 valence electrons. The van der Waals surface area contributed by atoms with Gasteiger partial charge in [0.05, 0.1) is 29.2 Å². The van der Waals surface area contributed by atoms with Crippen molar-refractivity contribution in [2.45, 2.75) is 52.5 Å². The third-order valence-corrected chi connectivity index (χ3v) is 4.78. The fourth-order valence-electron chi connectivity index (χ4n) is 3.32. The molecule has 0 aromatic carbocycles. The SMILES string of the molecule is CCCc1cc(CN(C)C(=O)c2cnc(N3CCCCC3)nc2C)[nH]n1. The molecule has 26 heavy (non-hydrogen) atoms. The molecule has 2 aromatic heterocycles. The summed E-state index contributed by atoms with van der Waals surface area (Å²) in [4.78, 5) is 25.7. The molecular weight excluding hydrogens is 328 g/mol. The van der Waals surface area contributed by atoms with Gasteiger partial charge in [0.1, 0.15) is 0 Å². The van der Waals surface area contributed by atoms with Crippen molar-refractivity contribution in [2.75, 3.05) is 25.0 Å². The third-order valence-electron chi connectivity index (χ3n) is 4.78. The molecule has 2 aromatic rings. The van der Waals surface area contributed by atoms with Gasteiger partial charge >= 0.3 is 0 Å². The highest BCUT2D eigenvalue weighted by Crippen LogP contribution is 2.18. The summed E-state index contributed by atoms with van der Waals surface area (Å²) < 4.78 is 0. The molecule has 1 amide bonds. The molecule has 1 aliphatic rings. The fraction of sp³-hybridized carbons (Fsp3) is 0.579. The van der Waals surface area contributed by atoms with Crippen LogP contribution in [0.5, 0.6) is 0 Å². The van der Waals surface area contributed by atoms with Crippen LogP contribution in [0.2, 0.25) is 0 Å². The Morgan fingerprint density at radius 3 is 2.77 bits per heavy atom. The van der Waals surface area contributed by atoms with E-state index in [0.29, 0.717) is 12.1 Å². The molecule has 3 rings (SSSR count). The minimum absolute atomic E-state index is 0.0701. The van der Waals surface area contributed by atoms with Gasteiger partial charge in [-0.1, -0.05) is 13.3 Å². The lowest BCUT2D eigenvalue weighted by molar-refractivity contribution is 0.0781. The van der Waals surface area contributed by atoms with Crippen LogP contribution in [0.3, 0.4) is 0 Å². The molecule has 1 fully saturated rings. The number of nitrogens with one attached hydrogen (secondary N) is 1. The molecule has 0 unspecified atom stereocenters. The molecular formula is C19H28N6O. The average Bonchev–Trinajstić information content (AvgIpc) is 3.09. The maximum atomic E-state index is 12.8. The summed E-state index contributed by atoms with van der Waals surface area (Å²) in [6, 6.07) is 2.02. The van der Waals surface area contributed by atoms with E-state index < -0.39 is 0 Å². The molecule has 0 atom stereocenters. The lowest BCUT2D eigenvalue weighted by atomic mass is 10.1. The van der Waals surface area contributed by atoms with Crippen molar-refractivity contribution in [3.63, 3.8) is 0 Å². The van der Waals surface area contributed by atoms with Crippen molar-refractivity contribution < 1.29 is 4.79 Å². The second-order valence-corrected chi connectivity index (χ2v) is 7.01. The normalized spacial score (nSPS) is 14.5. The zero-order valence-electron chi connectivity index (χ0n) is 16.0. The molecule has 3 heterocycles. The second kappa shape index (κ2) is 8.29. The Hall–Kier alpha value is -2.44. The number of aryl methyl sites for hydroxylation is 2. The average molecular weight is 356 g/mol. The third kappa shape index (κ3) is 4.20. The highest BCUT2D eigenvalue weighted by molar-refractivity contribution is 5.94. The first-order valence-corrected chi connectivity index (χ1v) is 9.45. The van der Waals surface area contributed by atoms with Gasteiger partial charge in [0.2, 0.25) is 5.95 Å². The van der Waals surface area contributed by atoms with E-state index in [9.17, 15) is 4.79 Å². The Morgan fingerprint density at radius 2 is 2.08 bits per heavy atom. The van der Waals surface area contributed by atoms with E-state index in [4.69, 9.17) is 0 Å². The van der Waals surface area contributed by atoms with Crippen molar-refractivity contribution in [3.8, 4) is 0 Å². The van der Waals surface area contributed by atoms with Gasteiger partial charge in [0.25, 0.3) is 5.91 Å². The maximum absolute atomic E-state index is 12.8. The van der Waals surface area contributed by atoms with Crippen LogP contribution in [0, 0.1) is 6.92 Å². The molecule has 7 nitrogen and oxygen atoms in total. The standard InChI is InChI=1S/C19H28N6O/c1-4-8-15-11-16(23-22-15)13-24(3)18(26)17-12-20-19(21-14(17)2)25-9-6-5-7-10-25/h11-12H,4-10,13H2,1-3H3,(H,22,23). The smallest absolute Gasteiger partial charge is 0.257 e. The summed E-state index contributed by atoms with van der Waals surface area (Å²) in [5.41, 5.74) is 3.26. The molecule has 1 N–H and O–H groups in total. The number of rotatable bonds is 6. The van der Waals surface area contributed by atoms with Crippen LogP contribution in [-0.4, -0.2) is 51.1 Å². The lowest BCUT2D eigenvalue weighted by Gasteiger charge is -2.27. The maximum Gasteiger partial charge on any atom is 0.257 e. The van der Waals surface area contributed by atoms with Gasteiger partial charge in [0, 0.05) is 26.3 Å². The summed E-state index contributed by atoms with van der Waals surface area (Å²) in [7, 11) is 1.79. The highest BCUT2D eigenvalue weighted by Gasteiger charge is 2.19. The highest BCUT2D eigenvalue weighted by atomic mass is 16.2. The fourth-order valence-corrected chi connectivity index (χ4v) is 3.32. The van der Waals surface area contributed by atoms with Crippen LogP contribution < -0.4 is 4.90 Å². The number of amides is 1. The first-order chi connectivity index (χ1) is 12.6. The largest absolute Gasteiger partial charge is 0.341 e. The predicted octanol–water partition coefficient (Wildman–Crippen LogP) is 2.72. The van der Waals surface area contributed by atoms with Crippen LogP contribution >= 0.6 is 0 Å². The van der Waals surface area contributed by atoms with Gasteiger partial charge in [-0.15, -0.1) is 0 Å². The van der Waals surface area contributed by atoms with Crippen molar-refractivity contribution in [3.05, 3.63) is 34.9 Å². The first kappa shape index (κ1) is 18.4. The Kier molecular flexibility index (Phi) is 5.85. The summed E-state index contributed by atoms with van der Waals surface area (Å²) >= 11 is 0. The van der Waals surface area contributed by atoms with Gasteiger partial charge in [0.15, 0.2) is 0 Å². The molecule has 0 saturated carbocycles. The van der Waals surface area contributed by atoms with Crippen molar-refractivity contribution in [1.82, 2.24) is 25.1 Å². The number of aromatic nitrogens is 4. The quantitative estimate of drug-likeness (QED) is 0.861. The number of carbonyl (C=O) groups is 1. The monoisotopic (exact) mass is 356 g/mol. The van der Waals surface area contributed by atoms with E-state index in [-0.39, 0.29) is 5.91 Å². The van der Waals surface area contributed by atoms with Gasteiger partial charge in [-0.3, -0.25) is 9.89 Å². The summed E-state index contributed by atoms with van der Waals surface area (Å²) in [6.07, 6.45) is 7.29. The number of hydrogen-bond acceptors (Lipinski definition) is 5. The molecule has 7 heteroatoms. The molecule has 1 aliphatic heterocycles. The Morgan fingerprint density at radius 1 is 1.31 bits per heavy atom. The minimum Gasteiger partial charge on any atom is -0.341 e. The van der Waals surface area contributed by atoms with E-state index in [1.807, 2.05) is 13.0 Å². The number of anilines is 1. The van der Waals surface area contributed by atoms with Crippen LogP contribution in [0.4, 0.5) is 5.95 Å². The summed E-state index contributed by atoms with van der Waals surface area (Å²) in [5.74, 6) is 0.665. The summed E-state index contributed by atoms with van der Waals surface area (Å²) in [5, 5.41) is 7.29. The zero-order valence-corrected chi connectivity index (χ0v) is 16.0. The number of piperidine rings is 1. The van der Waals surface area contributed by atoms with Crippen LogP contribution in [0.15, 0.2) is 12.3 Å². The molecule has 0 bridgehead atoms. The van der Waals surface area contributed by atoms with Gasteiger partial charge in [-0.25, -0.2) is 9.97 Å². The van der Waals surface area contributed by atoms with E-state index in [1.54, 1.807) is 18.1 Å². The Bertz CT molecular complexity index is 750. The van der Waals surface area contributed by atoms with E-state index in [1.165, 1.54) is 19.3 Å². The van der Waals surface area contributed by atoms with E-state index in [2.05, 4.69) is 32.0 Å². The number of carbonyl (C=O) groups excluding carboxylic acids is 1. The van der Waals surface area contributed by atoms with Crippen molar-refractivity contribution >= 4 is 11.9 Å². The zero-order chi connectivity index (χ0) is 18.5. The second-order valence-electron chi connectivity index (χ2n) is 7.01. The molecule has 0 radical (unpaired) electrons. The number of aromatic amines is 1. The van der Waals surface area contributed by atoms with Crippen molar-refractivity contribution in [2.24, 2.45) is 0 Å². The Balaban J connectivity index is 1.67. The van der Waals surface area contributed by atoms with Crippen LogP contribution in [-0.2, 0) is 13.0 Å². The first-order valence-electron chi connectivity index (χ1n) is 9.45. The topological polar surface area (TPSA) is 78.0 Å². The van der Waals surface area contributed by atoms with Crippen LogP contribution in [0.1, 0.15) is 60.0 Å². The minimum atomic E-state index is -0.0701. The predicted molar refractivity (Wildman–Crippen MR) is 101 cm³/mol. The van der Waals surface area contributed by atoms with E-state index >= 15 is 0 Å². The molecule has 0 aliphatic carbocycles. The number of hydrogen-bond donors (Lipinski definition) is 1. The number of H-pyrrole nitrogens is 1. The van der Waals surface area contributed by atoms with Gasteiger partial charge in [-0.2, -0.15) is 5.10 Å². The summed E-state index contributed by atoms with van der Waals surface area (Å²) in [6.45, 7) is 6.48. The Labute approximate surface area is 154 Å². The van der Waals surface area contributed by atoms with E-state index in [0.717, 1.165) is 49.0 Å². The number of nitrogens with zero attached hydrogens (tertiary/aromatic N) is 5. The molecule has 1 saturated heterocycles. The van der Waals surface area contributed by atoms with Crippen molar-refractivity contribution in [1.29, 1.82) is 0 Å². The molecule has 0 spiro atoms. The van der Waals surface area contributed by atoms with Crippen LogP contribution in [0.25, 0.3) is 0 Å².